The molecular weight excluding hydrogens is 456 g/mol. The van der Waals surface area contributed by atoms with Crippen LogP contribution >= 0.6 is 0 Å². The van der Waals surface area contributed by atoms with Crippen molar-refractivity contribution in [2.75, 3.05) is 52.3 Å². The molecule has 192 valence electrons. The summed E-state index contributed by atoms with van der Waals surface area (Å²) in [7, 11) is 5.21. The van der Waals surface area contributed by atoms with Crippen molar-refractivity contribution in [3.8, 4) is 11.4 Å². The van der Waals surface area contributed by atoms with Gasteiger partial charge in [-0.1, -0.05) is 13.8 Å². The summed E-state index contributed by atoms with van der Waals surface area (Å²) >= 11 is 0. The predicted octanol–water partition coefficient (Wildman–Crippen LogP) is 3.27. The predicted molar refractivity (Wildman–Crippen MR) is 141 cm³/mol. The first-order valence-corrected chi connectivity index (χ1v) is 12.4. The molecule has 0 spiro atoms. The number of likely N-dealkylation sites (tertiary alicyclic amines) is 1. The van der Waals surface area contributed by atoms with Crippen molar-refractivity contribution in [3.05, 3.63) is 42.2 Å². The highest BCUT2D eigenvalue weighted by molar-refractivity contribution is 6.06. The number of anilines is 1. The number of benzene rings is 1. The SMILES string of the molecule is COCC(=O)Nc1cc(C(=O)N(C)CC2CCN(CC(C)C)C2)cc2nc(-c3cccnc3)n(C)c12. The zero-order valence-electron chi connectivity index (χ0n) is 21.8. The molecular formula is C27H36N6O3. The van der Waals surface area contributed by atoms with Crippen molar-refractivity contribution in [1.82, 2.24) is 24.3 Å². The smallest absolute Gasteiger partial charge is 0.253 e. The average Bonchev–Trinajstić information content (AvgIpc) is 3.42. The number of imidazole rings is 1. The molecule has 1 unspecified atom stereocenters. The number of amides is 2. The summed E-state index contributed by atoms with van der Waals surface area (Å²) in [5.41, 5.74) is 3.23. The van der Waals surface area contributed by atoms with E-state index in [4.69, 9.17) is 9.72 Å². The minimum Gasteiger partial charge on any atom is -0.375 e. The average molecular weight is 493 g/mol. The van der Waals surface area contributed by atoms with Gasteiger partial charge in [0.25, 0.3) is 5.91 Å². The van der Waals surface area contributed by atoms with Crippen LogP contribution in [0.15, 0.2) is 36.7 Å². The molecule has 3 heterocycles. The van der Waals surface area contributed by atoms with Gasteiger partial charge in [0.2, 0.25) is 5.91 Å². The number of hydrogen-bond acceptors (Lipinski definition) is 6. The zero-order chi connectivity index (χ0) is 25.8. The molecule has 0 bridgehead atoms. The molecule has 2 amide bonds. The van der Waals surface area contributed by atoms with Crippen LogP contribution < -0.4 is 5.32 Å². The highest BCUT2D eigenvalue weighted by Crippen LogP contribution is 2.31. The van der Waals surface area contributed by atoms with E-state index in [0.29, 0.717) is 41.0 Å². The lowest BCUT2D eigenvalue weighted by molar-refractivity contribution is -0.119. The maximum Gasteiger partial charge on any atom is 0.253 e. The Morgan fingerprint density at radius 2 is 2.11 bits per heavy atom. The number of hydrogen-bond donors (Lipinski definition) is 1. The van der Waals surface area contributed by atoms with E-state index in [1.165, 1.54) is 7.11 Å². The third kappa shape index (κ3) is 5.74. The number of carbonyl (C=O) groups is 2. The number of carbonyl (C=O) groups excluding carboxylic acids is 2. The van der Waals surface area contributed by atoms with Crippen molar-refractivity contribution in [2.45, 2.75) is 20.3 Å². The highest BCUT2D eigenvalue weighted by Gasteiger charge is 2.26. The minimum atomic E-state index is -0.294. The summed E-state index contributed by atoms with van der Waals surface area (Å²) in [6, 6.07) is 7.33. The van der Waals surface area contributed by atoms with Gasteiger partial charge in [-0.25, -0.2) is 4.98 Å². The van der Waals surface area contributed by atoms with Crippen LogP contribution in [-0.4, -0.2) is 83.1 Å². The van der Waals surface area contributed by atoms with Crippen LogP contribution in [0, 0.1) is 11.8 Å². The summed E-state index contributed by atoms with van der Waals surface area (Å²) in [5.74, 6) is 1.41. The number of nitrogens with zero attached hydrogens (tertiary/aromatic N) is 5. The van der Waals surface area contributed by atoms with Crippen LogP contribution in [0.1, 0.15) is 30.6 Å². The van der Waals surface area contributed by atoms with Crippen molar-refractivity contribution in [3.63, 3.8) is 0 Å². The third-order valence-electron chi connectivity index (χ3n) is 6.56. The Kier molecular flexibility index (Phi) is 8.01. The molecule has 3 aromatic rings. The van der Waals surface area contributed by atoms with Crippen molar-refractivity contribution in [1.29, 1.82) is 0 Å². The quantitative estimate of drug-likeness (QED) is 0.493. The first kappa shape index (κ1) is 25.8. The molecule has 0 aliphatic carbocycles. The van der Waals surface area contributed by atoms with E-state index in [2.05, 4.69) is 29.0 Å². The van der Waals surface area contributed by atoms with Crippen molar-refractivity contribution >= 4 is 28.5 Å². The zero-order valence-corrected chi connectivity index (χ0v) is 21.8. The molecule has 0 saturated carbocycles. The van der Waals surface area contributed by atoms with Gasteiger partial charge in [-0.05, 0) is 49.1 Å². The normalized spacial score (nSPS) is 16.1. The molecule has 9 heteroatoms. The molecule has 1 aliphatic rings. The molecule has 1 fully saturated rings. The molecule has 0 radical (unpaired) electrons. The van der Waals surface area contributed by atoms with Gasteiger partial charge in [0.15, 0.2) is 0 Å². The lowest BCUT2D eigenvalue weighted by Gasteiger charge is -2.23. The van der Waals surface area contributed by atoms with Gasteiger partial charge in [0.05, 0.1) is 16.7 Å². The van der Waals surface area contributed by atoms with Gasteiger partial charge in [-0.15, -0.1) is 0 Å². The van der Waals surface area contributed by atoms with Gasteiger partial charge in [0.1, 0.15) is 12.4 Å². The topological polar surface area (TPSA) is 92.6 Å². The van der Waals surface area contributed by atoms with E-state index < -0.39 is 0 Å². The second-order valence-corrected chi connectivity index (χ2v) is 10.1. The first-order valence-electron chi connectivity index (χ1n) is 12.4. The fourth-order valence-corrected chi connectivity index (χ4v) is 5.08. The molecule has 36 heavy (non-hydrogen) atoms. The third-order valence-corrected chi connectivity index (χ3v) is 6.56. The lowest BCUT2D eigenvalue weighted by atomic mass is 10.1. The number of pyridine rings is 1. The Morgan fingerprint density at radius 1 is 1.31 bits per heavy atom. The number of rotatable bonds is 9. The van der Waals surface area contributed by atoms with Crippen LogP contribution in [0.2, 0.25) is 0 Å². The van der Waals surface area contributed by atoms with Crippen molar-refractivity contribution < 1.29 is 14.3 Å². The van der Waals surface area contributed by atoms with Gasteiger partial charge in [-0.3, -0.25) is 14.6 Å². The maximum atomic E-state index is 13.5. The number of aryl methyl sites for hydroxylation is 1. The van der Waals surface area contributed by atoms with Gasteiger partial charge >= 0.3 is 0 Å². The summed E-state index contributed by atoms with van der Waals surface area (Å²) in [5, 5.41) is 2.90. The number of aromatic nitrogens is 3. The summed E-state index contributed by atoms with van der Waals surface area (Å²) < 4.78 is 6.90. The van der Waals surface area contributed by atoms with E-state index in [9.17, 15) is 9.59 Å². The highest BCUT2D eigenvalue weighted by atomic mass is 16.5. The number of methoxy groups -OCH3 is 1. The molecule has 1 N–H and O–H groups in total. The van der Waals surface area contributed by atoms with Crippen LogP contribution in [0.25, 0.3) is 22.4 Å². The van der Waals surface area contributed by atoms with Gasteiger partial charge in [-0.2, -0.15) is 0 Å². The van der Waals surface area contributed by atoms with E-state index in [-0.39, 0.29) is 18.4 Å². The molecule has 2 aromatic heterocycles. The first-order chi connectivity index (χ1) is 17.3. The summed E-state index contributed by atoms with van der Waals surface area (Å²) in [6.07, 6.45) is 4.55. The second kappa shape index (κ2) is 11.2. The number of nitrogens with one attached hydrogen (secondary N) is 1. The summed E-state index contributed by atoms with van der Waals surface area (Å²) in [4.78, 5) is 39.2. The van der Waals surface area contributed by atoms with E-state index in [0.717, 1.165) is 37.1 Å². The van der Waals surface area contributed by atoms with Crippen LogP contribution in [-0.2, 0) is 16.6 Å². The lowest BCUT2D eigenvalue weighted by Crippen LogP contribution is -2.33. The summed E-state index contributed by atoms with van der Waals surface area (Å²) in [6.45, 7) is 8.27. The fourth-order valence-electron chi connectivity index (χ4n) is 5.08. The van der Waals surface area contributed by atoms with Gasteiger partial charge < -0.3 is 24.4 Å². The monoisotopic (exact) mass is 492 g/mol. The van der Waals surface area contributed by atoms with E-state index >= 15 is 0 Å². The number of fused-ring (bicyclic) bond motifs is 1. The number of ether oxygens (including phenoxy) is 1. The second-order valence-electron chi connectivity index (χ2n) is 10.1. The van der Waals surface area contributed by atoms with Crippen LogP contribution in [0.3, 0.4) is 0 Å². The van der Waals surface area contributed by atoms with E-state index in [1.807, 2.05) is 30.8 Å². The molecule has 1 saturated heterocycles. The standard InChI is InChI=1S/C27H36N6O3/c1-18(2)14-33-10-8-19(16-33)15-31(3)27(35)21-11-22(29-24(34)17-36-5)25-23(12-21)30-26(32(25)4)20-7-6-9-28-13-20/h6-7,9,11-13,18-19H,8,10,14-17H2,1-5H3,(H,29,34). The molecule has 4 rings (SSSR count). The van der Waals surface area contributed by atoms with Crippen LogP contribution in [0.4, 0.5) is 5.69 Å². The molecule has 1 aliphatic heterocycles. The Bertz CT molecular complexity index is 1220. The molecule has 1 atom stereocenters. The fraction of sp³-hybridized carbons (Fsp3) is 0.481. The largest absolute Gasteiger partial charge is 0.375 e. The minimum absolute atomic E-state index is 0.0819. The maximum absolute atomic E-state index is 13.5. The van der Waals surface area contributed by atoms with E-state index in [1.54, 1.807) is 29.4 Å². The molecule has 9 nitrogen and oxygen atoms in total. The Balaban J connectivity index is 1.63. The van der Waals surface area contributed by atoms with Gasteiger partial charge in [0, 0.05) is 64.4 Å². The Morgan fingerprint density at radius 3 is 2.81 bits per heavy atom. The molecule has 1 aromatic carbocycles. The van der Waals surface area contributed by atoms with Crippen LogP contribution in [0.5, 0.6) is 0 Å². The van der Waals surface area contributed by atoms with Crippen molar-refractivity contribution in [2.24, 2.45) is 18.9 Å². The Labute approximate surface area is 212 Å². The Hall–Kier alpha value is -3.30.